The van der Waals surface area contributed by atoms with Crippen molar-refractivity contribution in [3.8, 4) is 0 Å². The topological polar surface area (TPSA) is 125 Å². The van der Waals surface area contributed by atoms with Crippen LogP contribution >= 0.6 is 0 Å². The molecule has 94 valence electrons. The Morgan fingerprint density at radius 1 is 1.59 bits per heavy atom. The van der Waals surface area contributed by atoms with E-state index < -0.39 is 23.3 Å². The maximum absolute atomic E-state index is 11.0. The van der Waals surface area contributed by atoms with Gasteiger partial charge in [-0.3, -0.25) is 15.1 Å². The zero-order valence-corrected chi connectivity index (χ0v) is 9.82. The van der Waals surface area contributed by atoms with Gasteiger partial charge in [0.1, 0.15) is 0 Å². The highest BCUT2D eigenvalue weighted by atomic mass is 32.2. The average molecular weight is 259 g/mol. The van der Waals surface area contributed by atoms with Gasteiger partial charge in [-0.2, -0.15) is 0 Å². The molecular weight excluding hydrogens is 246 g/mol. The molecule has 2 atom stereocenters. The van der Waals surface area contributed by atoms with Crippen LogP contribution in [0.5, 0.6) is 0 Å². The third kappa shape index (κ3) is 3.01. The molecule has 1 aliphatic carbocycles. The second kappa shape index (κ2) is 5.73. The predicted molar refractivity (Wildman–Crippen MR) is 62.6 cm³/mol. The summed E-state index contributed by atoms with van der Waals surface area (Å²) in [6, 6.07) is -0.660. The van der Waals surface area contributed by atoms with Crippen LogP contribution in [0.1, 0.15) is 6.92 Å². The second-order valence-electron chi connectivity index (χ2n) is 3.21. The lowest BCUT2D eigenvalue weighted by molar-refractivity contribution is -0.132. The van der Waals surface area contributed by atoms with Crippen LogP contribution in [0.2, 0.25) is 0 Å². The van der Waals surface area contributed by atoms with Gasteiger partial charge in [-0.05, 0) is 18.6 Å². The summed E-state index contributed by atoms with van der Waals surface area (Å²) in [7, 11) is 0. The summed E-state index contributed by atoms with van der Waals surface area (Å²) in [6.07, 6.45) is 4.65. The molecule has 0 aromatic carbocycles. The summed E-state index contributed by atoms with van der Waals surface area (Å²) in [5.74, 6) is 4.12. The first kappa shape index (κ1) is 13.6. The standard InChI is InChI=1S/C9H13N3O4S/c1-2-5-3-4-6(9(13)14)8(7(5)11-10)12-17(15)16/h2-4,7,11-12H,10H2,1H3,(H,13,14)(H,15,16). The molecule has 8 heteroatoms. The molecule has 0 radical (unpaired) electrons. The quantitative estimate of drug-likeness (QED) is 0.261. The van der Waals surface area contributed by atoms with Gasteiger partial charge < -0.3 is 5.11 Å². The Hall–Kier alpha value is -1.48. The molecule has 0 saturated carbocycles. The van der Waals surface area contributed by atoms with Gasteiger partial charge in [-0.25, -0.2) is 14.4 Å². The van der Waals surface area contributed by atoms with Crippen LogP contribution < -0.4 is 16.0 Å². The minimum atomic E-state index is -2.37. The molecule has 0 aromatic heterocycles. The highest BCUT2D eigenvalue weighted by Crippen LogP contribution is 2.22. The van der Waals surface area contributed by atoms with E-state index in [9.17, 15) is 9.00 Å². The van der Waals surface area contributed by atoms with E-state index in [4.69, 9.17) is 15.5 Å². The molecule has 0 aliphatic heterocycles. The Labute approximate surface area is 100 Å². The average Bonchev–Trinajstić information content (AvgIpc) is 2.27. The number of hydrogen-bond donors (Lipinski definition) is 5. The highest BCUT2D eigenvalue weighted by molar-refractivity contribution is 7.77. The molecule has 0 saturated heterocycles. The highest BCUT2D eigenvalue weighted by Gasteiger charge is 2.26. The van der Waals surface area contributed by atoms with Gasteiger partial charge in [0, 0.05) is 0 Å². The molecule has 17 heavy (non-hydrogen) atoms. The fraction of sp³-hybridized carbons (Fsp3) is 0.222. The fourth-order valence-electron chi connectivity index (χ4n) is 1.52. The maximum atomic E-state index is 11.0. The molecule has 0 fully saturated rings. The number of rotatable bonds is 4. The summed E-state index contributed by atoms with van der Waals surface area (Å²) >= 11 is -2.37. The van der Waals surface area contributed by atoms with Gasteiger partial charge in [-0.15, -0.1) is 0 Å². The lowest BCUT2D eigenvalue weighted by atomic mass is 9.94. The number of aliphatic carboxylic acids is 1. The third-order valence-corrected chi connectivity index (χ3v) is 2.68. The van der Waals surface area contributed by atoms with Crippen LogP contribution in [0.3, 0.4) is 0 Å². The van der Waals surface area contributed by atoms with Crippen LogP contribution in [0, 0.1) is 0 Å². The first-order valence-corrected chi connectivity index (χ1v) is 5.77. The van der Waals surface area contributed by atoms with Crippen molar-refractivity contribution in [1.29, 1.82) is 0 Å². The summed E-state index contributed by atoms with van der Waals surface area (Å²) in [4.78, 5) is 11.0. The van der Waals surface area contributed by atoms with Gasteiger partial charge in [-0.1, -0.05) is 12.2 Å². The van der Waals surface area contributed by atoms with Crippen LogP contribution in [0.4, 0.5) is 0 Å². The summed E-state index contributed by atoms with van der Waals surface area (Å²) < 4.78 is 21.7. The number of nitrogens with one attached hydrogen (secondary N) is 2. The Morgan fingerprint density at radius 3 is 2.65 bits per heavy atom. The number of allylic oxidation sites excluding steroid dienone is 1. The van der Waals surface area contributed by atoms with Crippen molar-refractivity contribution < 1.29 is 18.7 Å². The molecule has 0 aromatic rings. The van der Waals surface area contributed by atoms with Gasteiger partial charge in [0.25, 0.3) is 11.3 Å². The van der Waals surface area contributed by atoms with E-state index in [1.807, 2.05) is 0 Å². The number of hydrogen-bond acceptors (Lipinski definition) is 4. The van der Waals surface area contributed by atoms with Crippen LogP contribution in [-0.2, 0) is 16.1 Å². The van der Waals surface area contributed by atoms with Gasteiger partial charge in [0.2, 0.25) is 0 Å². The smallest absolute Gasteiger partial charge is 0.337 e. The van der Waals surface area contributed by atoms with Crippen molar-refractivity contribution in [3.05, 3.63) is 35.1 Å². The van der Waals surface area contributed by atoms with Crippen molar-refractivity contribution in [2.75, 3.05) is 0 Å². The molecule has 6 N–H and O–H groups in total. The number of carboxylic acids is 1. The van der Waals surface area contributed by atoms with E-state index in [0.29, 0.717) is 5.57 Å². The maximum Gasteiger partial charge on any atom is 0.337 e. The fourth-order valence-corrected chi connectivity index (χ4v) is 1.94. The monoisotopic (exact) mass is 259 g/mol. The van der Waals surface area contributed by atoms with E-state index in [0.717, 1.165) is 0 Å². The Bertz CT molecular complexity index is 442. The zero-order chi connectivity index (χ0) is 13.0. The Morgan fingerprint density at radius 2 is 2.24 bits per heavy atom. The molecule has 0 bridgehead atoms. The van der Waals surface area contributed by atoms with E-state index in [-0.39, 0.29) is 11.3 Å². The minimum Gasteiger partial charge on any atom is -0.478 e. The first-order chi connectivity index (χ1) is 8.01. The Kier molecular flexibility index (Phi) is 4.58. The molecule has 0 amide bonds. The van der Waals surface area contributed by atoms with Gasteiger partial charge in [0.05, 0.1) is 17.3 Å². The van der Waals surface area contributed by atoms with E-state index in [1.54, 1.807) is 19.1 Å². The number of hydrazine groups is 1. The predicted octanol–water partition coefficient (Wildman–Crippen LogP) is -0.601. The molecule has 0 heterocycles. The molecular formula is C9H13N3O4S. The molecule has 7 nitrogen and oxygen atoms in total. The first-order valence-electron chi connectivity index (χ1n) is 4.66. The molecule has 2 unspecified atom stereocenters. The summed E-state index contributed by atoms with van der Waals surface area (Å²) in [5.41, 5.74) is 3.04. The largest absolute Gasteiger partial charge is 0.478 e. The normalized spacial score (nSPS) is 23.9. The zero-order valence-electron chi connectivity index (χ0n) is 9.01. The van der Waals surface area contributed by atoms with Gasteiger partial charge >= 0.3 is 5.97 Å². The summed E-state index contributed by atoms with van der Waals surface area (Å²) in [5, 5.41) is 8.98. The number of carbonyl (C=O) groups is 1. The SMILES string of the molecule is CC=C1C=CC(C(=O)O)=C(NS(=O)O)C1NN. The van der Waals surface area contributed by atoms with Crippen molar-refractivity contribution in [1.82, 2.24) is 10.1 Å². The van der Waals surface area contributed by atoms with Crippen LogP contribution in [-0.4, -0.2) is 25.9 Å². The van der Waals surface area contributed by atoms with Crippen LogP contribution in [0.15, 0.2) is 35.1 Å². The van der Waals surface area contributed by atoms with Crippen molar-refractivity contribution in [2.24, 2.45) is 5.84 Å². The second-order valence-corrected chi connectivity index (χ2v) is 3.91. The molecule has 1 aliphatic rings. The lowest BCUT2D eigenvalue weighted by Crippen LogP contribution is -2.44. The van der Waals surface area contributed by atoms with E-state index in [1.165, 1.54) is 6.08 Å². The van der Waals surface area contributed by atoms with Crippen molar-refractivity contribution in [3.63, 3.8) is 0 Å². The number of nitrogens with two attached hydrogens (primary N) is 1. The molecule has 1 rings (SSSR count). The molecule has 0 spiro atoms. The summed E-state index contributed by atoms with van der Waals surface area (Å²) in [6.45, 7) is 1.75. The van der Waals surface area contributed by atoms with E-state index >= 15 is 0 Å². The Balaban J connectivity index is 3.26. The van der Waals surface area contributed by atoms with Crippen molar-refractivity contribution in [2.45, 2.75) is 13.0 Å². The van der Waals surface area contributed by atoms with Gasteiger partial charge in [0.15, 0.2) is 0 Å². The minimum absolute atomic E-state index is 0.0523. The van der Waals surface area contributed by atoms with Crippen LogP contribution in [0.25, 0.3) is 0 Å². The van der Waals surface area contributed by atoms with Crippen molar-refractivity contribution >= 4 is 17.2 Å². The number of carboxylic acid groups (broad SMARTS) is 1. The third-order valence-electron chi connectivity index (χ3n) is 2.28. The lowest BCUT2D eigenvalue weighted by Gasteiger charge is -2.25. The van der Waals surface area contributed by atoms with E-state index in [2.05, 4.69) is 10.1 Å².